The molecular formula is C10H10N4O2S. The smallest absolute Gasteiger partial charge is 0.337 e. The van der Waals surface area contributed by atoms with E-state index >= 15 is 0 Å². The number of aromatic nitrogens is 4. The van der Waals surface area contributed by atoms with Gasteiger partial charge >= 0.3 is 5.97 Å². The molecule has 1 N–H and O–H groups in total. The van der Waals surface area contributed by atoms with Crippen molar-refractivity contribution >= 4 is 17.7 Å². The van der Waals surface area contributed by atoms with E-state index < -0.39 is 5.97 Å². The second-order valence-corrected chi connectivity index (χ2v) is 4.34. The highest BCUT2D eigenvalue weighted by molar-refractivity contribution is 7.99. The molecule has 0 aliphatic rings. The van der Waals surface area contributed by atoms with Crippen molar-refractivity contribution in [3.63, 3.8) is 0 Å². The standard InChI is InChI=1S/C10H10N4O2S/c1-6-7(9(15)16)3-4-8(13-6)17-10-11-5-12-14(10)2/h3-5H,1-2H3,(H,15,16). The molecule has 0 atom stereocenters. The quantitative estimate of drug-likeness (QED) is 0.886. The Morgan fingerprint density at radius 3 is 2.76 bits per heavy atom. The van der Waals surface area contributed by atoms with Gasteiger partial charge in [0.25, 0.3) is 0 Å². The lowest BCUT2D eigenvalue weighted by Crippen LogP contribution is -2.02. The Labute approximate surface area is 102 Å². The summed E-state index contributed by atoms with van der Waals surface area (Å²) in [5.41, 5.74) is 0.706. The van der Waals surface area contributed by atoms with E-state index in [4.69, 9.17) is 5.11 Å². The number of nitrogens with zero attached hydrogens (tertiary/aromatic N) is 4. The normalized spacial score (nSPS) is 10.5. The van der Waals surface area contributed by atoms with Crippen LogP contribution < -0.4 is 0 Å². The first-order chi connectivity index (χ1) is 8.08. The fraction of sp³-hybridized carbons (Fsp3) is 0.200. The van der Waals surface area contributed by atoms with E-state index in [9.17, 15) is 4.79 Å². The zero-order valence-corrected chi connectivity index (χ0v) is 10.1. The highest BCUT2D eigenvalue weighted by Gasteiger charge is 2.10. The molecule has 0 spiro atoms. The molecule has 0 aliphatic carbocycles. The maximum atomic E-state index is 10.8. The molecule has 0 bridgehead atoms. The van der Waals surface area contributed by atoms with E-state index in [1.54, 1.807) is 30.8 Å². The van der Waals surface area contributed by atoms with Crippen LogP contribution in [-0.4, -0.2) is 30.8 Å². The molecule has 0 aromatic carbocycles. The summed E-state index contributed by atoms with van der Waals surface area (Å²) in [5, 5.41) is 14.2. The molecule has 2 aromatic heterocycles. The molecule has 2 heterocycles. The predicted octanol–water partition coefficient (Wildman–Crippen LogP) is 1.37. The van der Waals surface area contributed by atoms with Crippen molar-refractivity contribution in [1.29, 1.82) is 0 Å². The topological polar surface area (TPSA) is 80.9 Å². The minimum absolute atomic E-state index is 0.215. The molecule has 2 rings (SSSR count). The minimum atomic E-state index is -0.967. The second kappa shape index (κ2) is 4.54. The number of carboxylic acids is 1. The van der Waals surface area contributed by atoms with Crippen LogP contribution in [0.15, 0.2) is 28.6 Å². The van der Waals surface area contributed by atoms with Crippen LogP contribution in [0.5, 0.6) is 0 Å². The number of aryl methyl sites for hydroxylation is 2. The highest BCUT2D eigenvalue weighted by atomic mass is 32.2. The van der Waals surface area contributed by atoms with Crippen molar-refractivity contribution < 1.29 is 9.90 Å². The summed E-state index contributed by atoms with van der Waals surface area (Å²) >= 11 is 1.34. The van der Waals surface area contributed by atoms with Gasteiger partial charge in [0.05, 0.1) is 11.3 Å². The Morgan fingerprint density at radius 2 is 2.24 bits per heavy atom. The fourth-order valence-corrected chi connectivity index (χ4v) is 2.08. The van der Waals surface area contributed by atoms with E-state index in [1.165, 1.54) is 18.1 Å². The fourth-order valence-electron chi connectivity index (χ4n) is 1.29. The lowest BCUT2D eigenvalue weighted by atomic mass is 10.2. The van der Waals surface area contributed by atoms with Crippen LogP contribution in [0.2, 0.25) is 0 Å². The summed E-state index contributed by atoms with van der Waals surface area (Å²) in [6.07, 6.45) is 1.46. The number of carboxylic acid groups (broad SMARTS) is 1. The average molecular weight is 250 g/mol. The van der Waals surface area contributed by atoms with Gasteiger partial charge in [0, 0.05) is 7.05 Å². The maximum absolute atomic E-state index is 10.8. The van der Waals surface area contributed by atoms with Gasteiger partial charge in [-0.1, -0.05) is 0 Å². The molecule has 0 fully saturated rings. The third-order valence-corrected chi connectivity index (χ3v) is 3.15. The van der Waals surface area contributed by atoms with E-state index in [-0.39, 0.29) is 5.56 Å². The van der Waals surface area contributed by atoms with Crippen LogP contribution in [0.3, 0.4) is 0 Å². The van der Waals surface area contributed by atoms with Crippen molar-refractivity contribution in [2.24, 2.45) is 7.05 Å². The van der Waals surface area contributed by atoms with Crippen LogP contribution in [0, 0.1) is 6.92 Å². The number of rotatable bonds is 3. The molecule has 0 aliphatic heterocycles. The Bertz CT molecular complexity index is 567. The van der Waals surface area contributed by atoms with Crippen molar-refractivity contribution in [3.05, 3.63) is 29.7 Å². The van der Waals surface area contributed by atoms with Gasteiger partial charge in [0.2, 0.25) is 0 Å². The summed E-state index contributed by atoms with van der Waals surface area (Å²) in [4.78, 5) is 19.1. The first kappa shape index (κ1) is 11.6. The third-order valence-electron chi connectivity index (χ3n) is 2.16. The number of pyridine rings is 1. The second-order valence-electron chi connectivity index (χ2n) is 3.36. The molecule has 2 aromatic rings. The van der Waals surface area contributed by atoms with Gasteiger partial charge in [0.1, 0.15) is 11.4 Å². The van der Waals surface area contributed by atoms with Gasteiger partial charge in [-0.2, -0.15) is 5.10 Å². The molecule has 0 amide bonds. The first-order valence-corrected chi connectivity index (χ1v) is 5.62. The van der Waals surface area contributed by atoms with Crippen LogP contribution in [0.1, 0.15) is 16.1 Å². The Morgan fingerprint density at radius 1 is 1.47 bits per heavy atom. The van der Waals surface area contributed by atoms with Crippen molar-refractivity contribution in [3.8, 4) is 0 Å². The summed E-state index contributed by atoms with van der Waals surface area (Å²) in [6.45, 7) is 1.67. The average Bonchev–Trinajstić information content (AvgIpc) is 2.64. The van der Waals surface area contributed by atoms with Gasteiger partial charge in [-0.15, -0.1) is 0 Å². The number of carbonyl (C=O) groups is 1. The Kier molecular flexibility index (Phi) is 3.10. The van der Waals surface area contributed by atoms with Crippen LogP contribution >= 0.6 is 11.8 Å². The van der Waals surface area contributed by atoms with E-state index in [0.29, 0.717) is 15.9 Å². The van der Waals surface area contributed by atoms with E-state index in [0.717, 1.165) is 0 Å². The van der Waals surface area contributed by atoms with Crippen molar-refractivity contribution in [2.45, 2.75) is 17.1 Å². The van der Waals surface area contributed by atoms with Gasteiger partial charge in [-0.25, -0.2) is 19.4 Å². The number of hydrogen-bond donors (Lipinski definition) is 1. The van der Waals surface area contributed by atoms with Gasteiger partial charge in [-0.3, -0.25) is 0 Å². The summed E-state index contributed by atoms with van der Waals surface area (Å²) < 4.78 is 1.63. The van der Waals surface area contributed by atoms with Gasteiger partial charge in [0.15, 0.2) is 5.16 Å². The molecular weight excluding hydrogens is 240 g/mol. The molecule has 0 unspecified atom stereocenters. The molecule has 17 heavy (non-hydrogen) atoms. The summed E-state index contributed by atoms with van der Waals surface area (Å²) in [5.74, 6) is -0.967. The molecule has 7 heteroatoms. The van der Waals surface area contributed by atoms with Crippen molar-refractivity contribution in [2.75, 3.05) is 0 Å². The van der Waals surface area contributed by atoms with E-state index in [2.05, 4.69) is 15.1 Å². The molecule has 0 saturated heterocycles. The van der Waals surface area contributed by atoms with Crippen LogP contribution in [0.25, 0.3) is 0 Å². The zero-order valence-electron chi connectivity index (χ0n) is 9.28. The molecule has 88 valence electrons. The van der Waals surface area contributed by atoms with Crippen LogP contribution in [-0.2, 0) is 7.05 Å². The lowest BCUT2D eigenvalue weighted by molar-refractivity contribution is 0.0695. The van der Waals surface area contributed by atoms with Crippen molar-refractivity contribution in [1.82, 2.24) is 19.7 Å². The Balaban J connectivity index is 2.27. The molecule has 0 saturated carbocycles. The first-order valence-electron chi connectivity index (χ1n) is 4.80. The summed E-state index contributed by atoms with van der Waals surface area (Å²) in [6, 6.07) is 3.21. The lowest BCUT2D eigenvalue weighted by Gasteiger charge is -2.03. The minimum Gasteiger partial charge on any atom is -0.478 e. The summed E-state index contributed by atoms with van der Waals surface area (Å²) in [7, 11) is 1.79. The molecule has 6 nitrogen and oxygen atoms in total. The zero-order chi connectivity index (χ0) is 12.4. The highest BCUT2D eigenvalue weighted by Crippen LogP contribution is 2.24. The Hall–Kier alpha value is -1.89. The predicted molar refractivity (Wildman–Crippen MR) is 61.1 cm³/mol. The third kappa shape index (κ3) is 2.44. The largest absolute Gasteiger partial charge is 0.478 e. The van der Waals surface area contributed by atoms with Crippen LogP contribution in [0.4, 0.5) is 0 Å². The SMILES string of the molecule is Cc1nc(Sc2ncnn2C)ccc1C(=O)O. The van der Waals surface area contributed by atoms with E-state index in [1.807, 2.05) is 0 Å². The maximum Gasteiger partial charge on any atom is 0.337 e. The molecule has 0 radical (unpaired) electrons. The van der Waals surface area contributed by atoms with Gasteiger partial charge < -0.3 is 5.11 Å². The van der Waals surface area contributed by atoms with Gasteiger partial charge in [-0.05, 0) is 30.8 Å². The number of hydrogen-bond acceptors (Lipinski definition) is 5. The number of aromatic carboxylic acids is 1. The monoisotopic (exact) mass is 250 g/mol.